The predicted octanol–water partition coefficient (Wildman–Crippen LogP) is 2.77. The Morgan fingerprint density at radius 3 is 3.00 bits per heavy atom. The minimum atomic E-state index is -0.399. The zero-order valence-corrected chi connectivity index (χ0v) is 9.25. The molecule has 1 aliphatic carbocycles. The largest absolute Gasteiger partial charge is 0.446 e. The molecule has 0 spiro atoms. The molecule has 0 radical (unpaired) electrons. The van der Waals surface area contributed by atoms with E-state index in [0.717, 1.165) is 0 Å². The molecule has 3 nitrogen and oxygen atoms in total. The molecule has 1 rings (SSSR count). The molecule has 0 aromatic heterocycles. The van der Waals surface area contributed by atoms with Crippen LogP contribution in [0, 0.1) is 5.92 Å². The third kappa shape index (κ3) is 4.81. The summed E-state index contributed by atoms with van der Waals surface area (Å²) in [7, 11) is 0. The number of carbonyl (C=O) groups excluding carboxylic acids is 1. The van der Waals surface area contributed by atoms with Gasteiger partial charge in [0.05, 0.1) is 5.83 Å². The van der Waals surface area contributed by atoms with E-state index < -0.39 is 6.09 Å². The molecular formula is C11H18FNO2. The molecule has 4 heteroatoms. The van der Waals surface area contributed by atoms with Crippen LogP contribution in [0.15, 0.2) is 11.9 Å². The molecule has 0 fully saturated rings. The molecule has 15 heavy (non-hydrogen) atoms. The number of alkyl carbamates (subject to hydrolysis) is 1. The van der Waals surface area contributed by atoms with Gasteiger partial charge in [-0.2, -0.15) is 0 Å². The van der Waals surface area contributed by atoms with Crippen molar-refractivity contribution >= 4 is 6.09 Å². The number of allylic oxidation sites excluding steroid dienone is 1. The lowest BCUT2D eigenvalue weighted by atomic mass is 10.0. The summed E-state index contributed by atoms with van der Waals surface area (Å²) in [6.07, 6.45) is 2.37. The number of amides is 1. The summed E-state index contributed by atoms with van der Waals surface area (Å²) in [4.78, 5) is 11.2. The van der Waals surface area contributed by atoms with Crippen molar-refractivity contribution in [3.8, 4) is 0 Å². The van der Waals surface area contributed by atoms with Crippen LogP contribution >= 0.6 is 0 Å². The van der Waals surface area contributed by atoms with Gasteiger partial charge >= 0.3 is 6.09 Å². The smallest absolute Gasteiger partial charge is 0.407 e. The maximum Gasteiger partial charge on any atom is 0.407 e. The first-order valence-electron chi connectivity index (χ1n) is 5.37. The van der Waals surface area contributed by atoms with Gasteiger partial charge in [-0.1, -0.05) is 13.8 Å². The summed E-state index contributed by atoms with van der Waals surface area (Å²) in [5.74, 6) is 0.304. The summed E-state index contributed by atoms with van der Waals surface area (Å²) in [5, 5.41) is 2.67. The minimum absolute atomic E-state index is 0.0996. The van der Waals surface area contributed by atoms with Crippen molar-refractivity contribution in [2.75, 3.05) is 6.54 Å². The topological polar surface area (TPSA) is 38.3 Å². The fourth-order valence-corrected chi connectivity index (χ4v) is 1.37. The number of carbonyl (C=O) groups is 1. The number of hydrogen-bond donors (Lipinski definition) is 1. The van der Waals surface area contributed by atoms with Crippen molar-refractivity contribution in [3.05, 3.63) is 11.9 Å². The predicted molar refractivity (Wildman–Crippen MR) is 56.2 cm³/mol. The Labute approximate surface area is 89.7 Å². The summed E-state index contributed by atoms with van der Waals surface area (Å²) < 4.78 is 17.8. The molecule has 0 aromatic carbocycles. The van der Waals surface area contributed by atoms with Gasteiger partial charge in [0.1, 0.15) is 6.10 Å². The molecule has 0 saturated heterocycles. The van der Waals surface area contributed by atoms with Crippen molar-refractivity contribution in [2.24, 2.45) is 5.92 Å². The van der Waals surface area contributed by atoms with E-state index in [2.05, 4.69) is 5.32 Å². The molecule has 1 unspecified atom stereocenters. The highest BCUT2D eigenvalue weighted by Gasteiger charge is 2.18. The molecule has 0 heterocycles. The Hall–Kier alpha value is -1.06. The molecular weight excluding hydrogens is 197 g/mol. The Kier molecular flexibility index (Phi) is 4.59. The lowest BCUT2D eigenvalue weighted by Crippen LogP contribution is -2.32. The van der Waals surface area contributed by atoms with Gasteiger partial charge in [-0.15, -0.1) is 0 Å². The number of halogens is 1. The molecule has 0 aliphatic heterocycles. The van der Waals surface area contributed by atoms with E-state index in [0.29, 0.717) is 31.7 Å². The first kappa shape index (κ1) is 12.0. The van der Waals surface area contributed by atoms with Crippen molar-refractivity contribution < 1.29 is 13.9 Å². The summed E-state index contributed by atoms with van der Waals surface area (Å²) in [6, 6.07) is 0. The molecule has 1 aliphatic rings. The second kappa shape index (κ2) is 5.73. The lowest BCUT2D eigenvalue weighted by Gasteiger charge is -2.19. The van der Waals surface area contributed by atoms with Crippen molar-refractivity contribution in [2.45, 2.75) is 39.2 Å². The average Bonchev–Trinajstić information content (AvgIpc) is 2.19. The highest BCUT2D eigenvalue weighted by Crippen LogP contribution is 2.21. The monoisotopic (exact) mass is 215 g/mol. The van der Waals surface area contributed by atoms with E-state index in [1.165, 1.54) is 6.08 Å². The van der Waals surface area contributed by atoms with Gasteiger partial charge in [-0.25, -0.2) is 9.18 Å². The number of nitrogens with one attached hydrogen (secondary N) is 1. The molecule has 0 aromatic rings. The van der Waals surface area contributed by atoms with Gasteiger partial charge in [-0.05, 0) is 18.4 Å². The van der Waals surface area contributed by atoms with Crippen molar-refractivity contribution in [1.29, 1.82) is 0 Å². The van der Waals surface area contributed by atoms with Gasteiger partial charge < -0.3 is 10.1 Å². The van der Waals surface area contributed by atoms with Crippen LogP contribution in [0.3, 0.4) is 0 Å². The number of hydrogen-bond acceptors (Lipinski definition) is 2. The molecule has 86 valence electrons. The molecule has 0 saturated carbocycles. The van der Waals surface area contributed by atoms with E-state index in [9.17, 15) is 9.18 Å². The number of rotatable bonds is 3. The van der Waals surface area contributed by atoms with E-state index in [1.54, 1.807) is 0 Å². The Balaban J connectivity index is 2.21. The average molecular weight is 215 g/mol. The van der Waals surface area contributed by atoms with Gasteiger partial charge in [0.2, 0.25) is 0 Å². The third-order valence-corrected chi connectivity index (χ3v) is 2.24. The first-order valence-corrected chi connectivity index (χ1v) is 5.37. The molecule has 0 bridgehead atoms. The van der Waals surface area contributed by atoms with Gasteiger partial charge in [0.15, 0.2) is 0 Å². The van der Waals surface area contributed by atoms with Gasteiger partial charge in [0, 0.05) is 19.4 Å². The van der Waals surface area contributed by atoms with Crippen LogP contribution in [0.4, 0.5) is 9.18 Å². The Morgan fingerprint density at radius 1 is 1.73 bits per heavy atom. The van der Waals surface area contributed by atoms with Crippen molar-refractivity contribution in [3.63, 3.8) is 0 Å². The molecule has 1 atom stereocenters. The highest BCUT2D eigenvalue weighted by atomic mass is 19.1. The number of ether oxygens (including phenoxy) is 1. The van der Waals surface area contributed by atoms with Crippen molar-refractivity contribution in [1.82, 2.24) is 5.32 Å². The standard InChI is InChI=1S/C11H18FNO2/c1-8(2)7-13-11(14)15-10-5-3-9(12)4-6-10/h3,8,10H,4-7H2,1-2H3,(H,13,14). The summed E-state index contributed by atoms with van der Waals surface area (Å²) in [6.45, 7) is 4.63. The van der Waals surface area contributed by atoms with E-state index in [1.807, 2.05) is 13.8 Å². The van der Waals surface area contributed by atoms with Crippen LogP contribution in [0.1, 0.15) is 33.1 Å². The van der Waals surface area contributed by atoms with Crippen LogP contribution < -0.4 is 5.32 Å². The van der Waals surface area contributed by atoms with Crippen LogP contribution in [0.25, 0.3) is 0 Å². The quantitative estimate of drug-likeness (QED) is 0.786. The second-order valence-electron chi connectivity index (χ2n) is 4.23. The normalized spacial score (nSPS) is 21.1. The van der Waals surface area contributed by atoms with E-state index >= 15 is 0 Å². The Bertz CT molecular complexity index is 251. The Morgan fingerprint density at radius 2 is 2.47 bits per heavy atom. The van der Waals surface area contributed by atoms with Crippen LogP contribution in [0.5, 0.6) is 0 Å². The van der Waals surface area contributed by atoms with Gasteiger partial charge in [0.25, 0.3) is 0 Å². The van der Waals surface area contributed by atoms with E-state index in [-0.39, 0.29) is 11.9 Å². The third-order valence-electron chi connectivity index (χ3n) is 2.24. The SMILES string of the molecule is CC(C)CNC(=O)OC1CC=C(F)CC1. The van der Waals surface area contributed by atoms with E-state index in [4.69, 9.17) is 4.74 Å². The maximum absolute atomic E-state index is 12.7. The lowest BCUT2D eigenvalue weighted by molar-refractivity contribution is 0.0889. The minimum Gasteiger partial charge on any atom is -0.446 e. The summed E-state index contributed by atoms with van der Waals surface area (Å²) >= 11 is 0. The fourth-order valence-electron chi connectivity index (χ4n) is 1.37. The van der Waals surface area contributed by atoms with Gasteiger partial charge in [-0.3, -0.25) is 0 Å². The molecule has 1 N–H and O–H groups in total. The fraction of sp³-hybridized carbons (Fsp3) is 0.727. The highest BCUT2D eigenvalue weighted by molar-refractivity contribution is 5.67. The first-order chi connectivity index (χ1) is 7.08. The maximum atomic E-state index is 12.7. The second-order valence-corrected chi connectivity index (χ2v) is 4.23. The van der Waals surface area contributed by atoms with Crippen LogP contribution in [0.2, 0.25) is 0 Å². The molecule has 1 amide bonds. The zero-order valence-electron chi connectivity index (χ0n) is 9.25. The summed E-state index contributed by atoms with van der Waals surface area (Å²) in [5.41, 5.74) is 0. The zero-order chi connectivity index (χ0) is 11.3. The van der Waals surface area contributed by atoms with Crippen LogP contribution in [-0.4, -0.2) is 18.7 Å². The van der Waals surface area contributed by atoms with Crippen LogP contribution in [-0.2, 0) is 4.74 Å².